The highest BCUT2D eigenvalue weighted by Crippen LogP contribution is 2.36. The maximum atomic E-state index is 6.12. The van der Waals surface area contributed by atoms with Crippen LogP contribution in [0.25, 0.3) is 9.75 Å². The van der Waals surface area contributed by atoms with Crippen LogP contribution in [0.3, 0.4) is 0 Å². The van der Waals surface area contributed by atoms with E-state index in [0.29, 0.717) is 0 Å². The van der Waals surface area contributed by atoms with E-state index in [1.54, 1.807) is 22.7 Å². The van der Waals surface area contributed by atoms with Gasteiger partial charge in [0.05, 0.1) is 15.7 Å². The summed E-state index contributed by atoms with van der Waals surface area (Å²) in [6.45, 7) is 0. The van der Waals surface area contributed by atoms with Gasteiger partial charge in [0, 0.05) is 9.75 Å². The van der Waals surface area contributed by atoms with Crippen LogP contribution in [0.5, 0.6) is 0 Å². The molecule has 0 unspecified atom stereocenters. The summed E-state index contributed by atoms with van der Waals surface area (Å²) < 4.78 is 0. The van der Waals surface area contributed by atoms with Gasteiger partial charge in [-0.3, -0.25) is 0 Å². The topological polar surface area (TPSA) is 12.0 Å². The predicted molar refractivity (Wildman–Crippen MR) is 82.4 cm³/mol. The van der Waals surface area contributed by atoms with Crippen molar-refractivity contribution in [3.8, 4) is 9.75 Å². The van der Waals surface area contributed by atoms with Gasteiger partial charge in [0.1, 0.15) is 0 Å². The van der Waals surface area contributed by atoms with E-state index in [2.05, 4.69) is 35.0 Å². The van der Waals surface area contributed by atoms with Crippen LogP contribution >= 0.6 is 34.3 Å². The minimum Gasteiger partial charge on any atom is -0.346 e. The molecule has 4 heteroatoms. The van der Waals surface area contributed by atoms with Crippen LogP contribution in [0.1, 0.15) is 0 Å². The van der Waals surface area contributed by atoms with Crippen molar-refractivity contribution in [3.63, 3.8) is 0 Å². The first-order chi connectivity index (χ1) is 8.83. The van der Waals surface area contributed by atoms with Crippen LogP contribution < -0.4 is 5.32 Å². The van der Waals surface area contributed by atoms with Crippen LogP contribution in [0.2, 0.25) is 5.02 Å². The van der Waals surface area contributed by atoms with Gasteiger partial charge in [-0.25, -0.2) is 0 Å². The quantitative estimate of drug-likeness (QED) is 0.636. The van der Waals surface area contributed by atoms with Crippen molar-refractivity contribution in [2.24, 2.45) is 0 Å². The second-order valence-corrected chi connectivity index (χ2v) is 6.18. The van der Waals surface area contributed by atoms with Crippen LogP contribution in [0.15, 0.2) is 53.9 Å². The zero-order valence-corrected chi connectivity index (χ0v) is 11.8. The number of benzene rings is 1. The third-order valence-corrected chi connectivity index (χ3v) is 4.90. The van der Waals surface area contributed by atoms with Gasteiger partial charge in [-0.05, 0) is 35.7 Å². The highest BCUT2D eigenvalue weighted by molar-refractivity contribution is 7.23. The third-order valence-electron chi connectivity index (χ3n) is 2.50. The molecule has 0 aliphatic carbocycles. The Bertz CT molecular complexity index is 643. The standard InChI is InChI=1S/C14H10ClNS2/c15-10-4-1-2-5-11(10)16-14-8-7-13(18-14)12-6-3-9-17-12/h1-9,16H. The molecule has 0 saturated heterocycles. The minimum absolute atomic E-state index is 0.739. The average molecular weight is 292 g/mol. The van der Waals surface area contributed by atoms with Gasteiger partial charge in [-0.15, -0.1) is 22.7 Å². The highest BCUT2D eigenvalue weighted by Gasteiger charge is 2.05. The predicted octanol–water partition coefficient (Wildman–Crippen LogP) is 5.87. The van der Waals surface area contributed by atoms with Crippen LogP contribution in [0.4, 0.5) is 10.7 Å². The summed E-state index contributed by atoms with van der Waals surface area (Å²) in [5.74, 6) is 0. The number of halogens is 1. The van der Waals surface area contributed by atoms with Crippen molar-refractivity contribution in [3.05, 3.63) is 58.9 Å². The summed E-state index contributed by atoms with van der Waals surface area (Å²) in [5.41, 5.74) is 0.943. The van der Waals surface area contributed by atoms with Crippen molar-refractivity contribution in [1.82, 2.24) is 0 Å². The van der Waals surface area contributed by atoms with E-state index in [-0.39, 0.29) is 0 Å². The molecule has 18 heavy (non-hydrogen) atoms. The molecule has 0 spiro atoms. The first-order valence-electron chi connectivity index (χ1n) is 5.48. The Morgan fingerprint density at radius 3 is 2.56 bits per heavy atom. The van der Waals surface area contributed by atoms with Crippen molar-refractivity contribution >= 4 is 45.0 Å². The second kappa shape index (κ2) is 5.14. The van der Waals surface area contributed by atoms with E-state index in [4.69, 9.17) is 11.6 Å². The molecule has 0 amide bonds. The van der Waals surface area contributed by atoms with E-state index < -0.39 is 0 Å². The number of rotatable bonds is 3. The lowest BCUT2D eigenvalue weighted by atomic mass is 10.3. The lowest BCUT2D eigenvalue weighted by Crippen LogP contribution is -1.86. The van der Waals surface area contributed by atoms with Gasteiger partial charge in [0.25, 0.3) is 0 Å². The molecule has 0 bridgehead atoms. The monoisotopic (exact) mass is 291 g/mol. The number of hydrogen-bond donors (Lipinski definition) is 1. The fraction of sp³-hybridized carbons (Fsp3) is 0. The summed E-state index contributed by atoms with van der Waals surface area (Å²) in [6, 6.07) is 16.2. The van der Waals surface area contributed by atoms with E-state index in [0.717, 1.165) is 15.7 Å². The molecule has 0 saturated carbocycles. The molecule has 3 aromatic rings. The molecule has 2 heterocycles. The number of hydrogen-bond acceptors (Lipinski definition) is 3. The molecular formula is C14H10ClNS2. The van der Waals surface area contributed by atoms with Crippen molar-refractivity contribution in [1.29, 1.82) is 0 Å². The van der Waals surface area contributed by atoms with Gasteiger partial charge >= 0.3 is 0 Å². The summed E-state index contributed by atoms with van der Waals surface area (Å²) in [5, 5.41) is 7.28. The Hall–Kier alpha value is -1.29. The zero-order valence-electron chi connectivity index (χ0n) is 9.39. The normalized spacial score (nSPS) is 10.5. The molecule has 1 N–H and O–H groups in total. The molecule has 0 aliphatic heterocycles. The van der Waals surface area contributed by atoms with Gasteiger partial charge < -0.3 is 5.32 Å². The van der Waals surface area contributed by atoms with E-state index in [1.807, 2.05) is 24.3 Å². The van der Waals surface area contributed by atoms with Crippen molar-refractivity contribution in [2.45, 2.75) is 0 Å². The number of para-hydroxylation sites is 1. The van der Waals surface area contributed by atoms with Crippen LogP contribution in [0, 0.1) is 0 Å². The molecule has 1 aromatic carbocycles. The Labute approximate surface area is 119 Å². The molecule has 2 aromatic heterocycles. The van der Waals surface area contributed by atoms with Gasteiger partial charge in [0.15, 0.2) is 0 Å². The summed E-state index contributed by atoms with van der Waals surface area (Å²) in [6.07, 6.45) is 0. The van der Waals surface area contributed by atoms with E-state index in [9.17, 15) is 0 Å². The Kier molecular flexibility index (Phi) is 3.37. The van der Waals surface area contributed by atoms with Gasteiger partial charge in [0.2, 0.25) is 0 Å². The number of anilines is 2. The molecule has 90 valence electrons. The van der Waals surface area contributed by atoms with Crippen LogP contribution in [-0.2, 0) is 0 Å². The Morgan fingerprint density at radius 2 is 1.78 bits per heavy atom. The molecule has 0 fully saturated rings. The zero-order chi connectivity index (χ0) is 12.4. The molecule has 0 radical (unpaired) electrons. The second-order valence-electron chi connectivity index (χ2n) is 3.75. The van der Waals surface area contributed by atoms with Crippen molar-refractivity contribution < 1.29 is 0 Å². The van der Waals surface area contributed by atoms with E-state index in [1.165, 1.54) is 9.75 Å². The molecular weight excluding hydrogens is 282 g/mol. The highest BCUT2D eigenvalue weighted by atomic mass is 35.5. The Balaban J connectivity index is 1.85. The minimum atomic E-state index is 0.739. The van der Waals surface area contributed by atoms with Crippen LogP contribution in [-0.4, -0.2) is 0 Å². The first-order valence-corrected chi connectivity index (χ1v) is 7.55. The summed E-state index contributed by atoms with van der Waals surface area (Å²) >= 11 is 9.61. The average Bonchev–Trinajstić information content (AvgIpc) is 3.02. The molecule has 1 nitrogen and oxygen atoms in total. The molecule has 0 aliphatic rings. The molecule has 3 rings (SSSR count). The fourth-order valence-corrected chi connectivity index (χ4v) is 3.59. The molecule has 0 atom stereocenters. The van der Waals surface area contributed by atoms with E-state index >= 15 is 0 Å². The largest absolute Gasteiger partial charge is 0.346 e. The maximum absolute atomic E-state index is 6.12. The SMILES string of the molecule is Clc1ccccc1Nc1ccc(-c2cccs2)s1. The Morgan fingerprint density at radius 1 is 0.889 bits per heavy atom. The number of thiophene rings is 2. The lowest BCUT2D eigenvalue weighted by molar-refractivity contribution is 1.61. The smallest absolute Gasteiger partial charge is 0.0933 e. The summed E-state index contributed by atoms with van der Waals surface area (Å²) in [4.78, 5) is 2.58. The number of nitrogens with one attached hydrogen (secondary N) is 1. The lowest BCUT2D eigenvalue weighted by Gasteiger charge is -2.04. The van der Waals surface area contributed by atoms with Gasteiger partial charge in [-0.2, -0.15) is 0 Å². The first kappa shape index (κ1) is 11.8. The maximum Gasteiger partial charge on any atom is 0.0933 e. The third kappa shape index (κ3) is 2.43. The fourth-order valence-electron chi connectivity index (χ4n) is 1.65. The van der Waals surface area contributed by atoms with Crippen molar-refractivity contribution in [2.75, 3.05) is 5.32 Å². The summed E-state index contributed by atoms with van der Waals surface area (Å²) in [7, 11) is 0. The van der Waals surface area contributed by atoms with Gasteiger partial charge in [-0.1, -0.05) is 29.8 Å².